The van der Waals surface area contributed by atoms with E-state index < -0.39 is 29.1 Å². The van der Waals surface area contributed by atoms with Crippen molar-refractivity contribution in [2.75, 3.05) is 13.1 Å². The molecule has 6 heteroatoms. The summed E-state index contributed by atoms with van der Waals surface area (Å²) in [6.45, 7) is 10.8. The SMILES string of the molecule is CCC(CC)CN(CC)C(=O)[C@H](NC(=O)c1c(F)cccc1F)C(C)C. The van der Waals surface area contributed by atoms with Crippen LogP contribution in [0.1, 0.15) is 57.8 Å². The monoisotopic (exact) mass is 368 g/mol. The van der Waals surface area contributed by atoms with Gasteiger partial charge in [-0.2, -0.15) is 0 Å². The maximum atomic E-state index is 13.8. The molecule has 0 aliphatic carbocycles. The first kappa shape index (κ1) is 22.1. The molecule has 1 aromatic rings. The van der Waals surface area contributed by atoms with Crippen LogP contribution >= 0.6 is 0 Å². The number of carbonyl (C=O) groups excluding carboxylic acids is 2. The van der Waals surface area contributed by atoms with E-state index in [1.807, 2.05) is 6.92 Å². The van der Waals surface area contributed by atoms with E-state index in [1.54, 1.807) is 18.7 Å². The highest BCUT2D eigenvalue weighted by Gasteiger charge is 2.30. The van der Waals surface area contributed by atoms with E-state index in [1.165, 1.54) is 6.07 Å². The Morgan fingerprint density at radius 2 is 1.62 bits per heavy atom. The molecule has 1 N–H and O–H groups in total. The molecule has 0 unspecified atom stereocenters. The van der Waals surface area contributed by atoms with Gasteiger partial charge in [0, 0.05) is 13.1 Å². The Kier molecular flexibility index (Phi) is 8.69. The highest BCUT2D eigenvalue weighted by molar-refractivity contribution is 5.98. The summed E-state index contributed by atoms with van der Waals surface area (Å²) in [5.41, 5.74) is -0.658. The molecule has 0 heterocycles. The summed E-state index contributed by atoms with van der Waals surface area (Å²) >= 11 is 0. The number of hydrogen-bond acceptors (Lipinski definition) is 2. The van der Waals surface area contributed by atoms with Gasteiger partial charge in [0.25, 0.3) is 5.91 Å². The number of benzene rings is 1. The lowest BCUT2D eigenvalue weighted by Crippen LogP contribution is -2.52. The minimum atomic E-state index is -0.943. The molecule has 1 rings (SSSR count). The van der Waals surface area contributed by atoms with Crippen LogP contribution < -0.4 is 5.32 Å². The van der Waals surface area contributed by atoms with Gasteiger partial charge in [-0.05, 0) is 30.9 Å². The van der Waals surface area contributed by atoms with Gasteiger partial charge in [0.2, 0.25) is 5.91 Å². The average Bonchev–Trinajstić information content (AvgIpc) is 2.60. The van der Waals surface area contributed by atoms with Crippen LogP contribution in [0.4, 0.5) is 8.78 Å². The van der Waals surface area contributed by atoms with E-state index in [4.69, 9.17) is 0 Å². The lowest BCUT2D eigenvalue weighted by atomic mass is 9.99. The van der Waals surface area contributed by atoms with Crippen molar-refractivity contribution in [3.8, 4) is 0 Å². The van der Waals surface area contributed by atoms with Crippen molar-refractivity contribution in [1.29, 1.82) is 0 Å². The maximum absolute atomic E-state index is 13.8. The van der Waals surface area contributed by atoms with Crippen LogP contribution in [0.5, 0.6) is 0 Å². The normalized spacial score (nSPS) is 12.3. The Morgan fingerprint density at radius 3 is 2.04 bits per heavy atom. The first-order valence-corrected chi connectivity index (χ1v) is 9.30. The number of rotatable bonds is 9. The number of halogens is 2. The third kappa shape index (κ3) is 5.51. The van der Waals surface area contributed by atoms with Crippen LogP contribution in [-0.2, 0) is 4.79 Å². The first-order chi connectivity index (χ1) is 12.3. The summed E-state index contributed by atoms with van der Waals surface area (Å²) in [6, 6.07) is 2.41. The average molecular weight is 368 g/mol. The van der Waals surface area contributed by atoms with Crippen LogP contribution in [0, 0.1) is 23.5 Å². The zero-order chi connectivity index (χ0) is 19.9. The summed E-state index contributed by atoms with van der Waals surface area (Å²) in [7, 11) is 0. The van der Waals surface area contributed by atoms with Crippen molar-refractivity contribution in [2.24, 2.45) is 11.8 Å². The molecule has 1 atom stereocenters. The molecule has 0 aliphatic rings. The summed E-state index contributed by atoms with van der Waals surface area (Å²) < 4.78 is 27.7. The molecule has 0 spiro atoms. The van der Waals surface area contributed by atoms with Crippen molar-refractivity contribution >= 4 is 11.8 Å². The standard InChI is InChI=1S/C20H30F2N2O2/c1-6-14(7-2)12-24(8-3)20(26)18(13(4)5)23-19(25)17-15(21)10-9-11-16(17)22/h9-11,13-14,18H,6-8,12H2,1-5H3,(H,23,25)/t18-/m1/s1. The molecule has 26 heavy (non-hydrogen) atoms. The van der Waals surface area contributed by atoms with Crippen molar-refractivity contribution < 1.29 is 18.4 Å². The minimum Gasteiger partial charge on any atom is -0.341 e. The fourth-order valence-electron chi connectivity index (χ4n) is 2.87. The van der Waals surface area contributed by atoms with Crippen LogP contribution in [-0.4, -0.2) is 35.8 Å². The molecule has 146 valence electrons. The Morgan fingerprint density at radius 1 is 1.08 bits per heavy atom. The number of nitrogens with one attached hydrogen (secondary N) is 1. The fraction of sp³-hybridized carbons (Fsp3) is 0.600. The second-order valence-electron chi connectivity index (χ2n) is 6.85. The van der Waals surface area contributed by atoms with Gasteiger partial charge < -0.3 is 10.2 Å². The molecular weight excluding hydrogens is 338 g/mol. The Labute approximate surface area is 155 Å². The highest BCUT2D eigenvalue weighted by atomic mass is 19.1. The molecule has 0 bridgehead atoms. The third-order valence-corrected chi connectivity index (χ3v) is 4.74. The van der Waals surface area contributed by atoms with Crippen LogP contribution in [0.3, 0.4) is 0 Å². The molecule has 0 fully saturated rings. The summed E-state index contributed by atoms with van der Waals surface area (Å²) in [4.78, 5) is 27.0. The van der Waals surface area contributed by atoms with Gasteiger partial charge in [-0.15, -0.1) is 0 Å². The fourth-order valence-corrected chi connectivity index (χ4v) is 2.87. The topological polar surface area (TPSA) is 49.4 Å². The first-order valence-electron chi connectivity index (χ1n) is 9.30. The van der Waals surface area contributed by atoms with Gasteiger partial charge in [0.1, 0.15) is 23.2 Å². The second kappa shape index (κ2) is 10.2. The van der Waals surface area contributed by atoms with E-state index in [-0.39, 0.29) is 11.8 Å². The van der Waals surface area contributed by atoms with Crippen LogP contribution in [0.2, 0.25) is 0 Å². The van der Waals surface area contributed by atoms with Gasteiger partial charge >= 0.3 is 0 Å². The minimum absolute atomic E-state index is 0.211. The molecule has 0 aliphatic heterocycles. The predicted octanol–water partition coefficient (Wildman–Crippen LogP) is 4.00. The largest absolute Gasteiger partial charge is 0.341 e. The van der Waals surface area contributed by atoms with Crippen LogP contribution in [0.15, 0.2) is 18.2 Å². The molecular formula is C20H30F2N2O2. The Bertz CT molecular complexity index is 596. The number of amides is 2. The Balaban J connectivity index is 3.00. The third-order valence-electron chi connectivity index (χ3n) is 4.74. The second-order valence-corrected chi connectivity index (χ2v) is 6.85. The van der Waals surface area contributed by atoms with Gasteiger partial charge in [-0.3, -0.25) is 9.59 Å². The lowest BCUT2D eigenvalue weighted by Gasteiger charge is -2.31. The van der Waals surface area contributed by atoms with Gasteiger partial charge in [0.05, 0.1) is 0 Å². The summed E-state index contributed by atoms with van der Waals surface area (Å²) in [5, 5.41) is 2.53. The zero-order valence-electron chi connectivity index (χ0n) is 16.3. The number of hydrogen-bond donors (Lipinski definition) is 1. The molecule has 0 saturated heterocycles. The van der Waals surface area contributed by atoms with Gasteiger partial charge in [0.15, 0.2) is 0 Å². The number of likely N-dealkylation sites (N-methyl/N-ethyl adjacent to an activating group) is 1. The Hall–Kier alpha value is -1.98. The van der Waals surface area contributed by atoms with E-state index >= 15 is 0 Å². The number of nitrogens with zero attached hydrogens (tertiary/aromatic N) is 1. The van der Waals surface area contributed by atoms with E-state index in [0.29, 0.717) is 19.0 Å². The maximum Gasteiger partial charge on any atom is 0.257 e. The lowest BCUT2D eigenvalue weighted by molar-refractivity contribution is -0.134. The molecule has 0 aromatic heterocycles. The van der Waals surface area contributed by atoms with Crippen LogP contribution in [0.25, 0.3) is 0 Å². The smallest absolute Gasteiger partial charge is 0.257 e. The van der Waals surface area contributed by atoms with E-state index in [0.717, 1.165) is 25.0 Å². The molecule has 1 aromatic carbocycles. The van der Waals surface area contributed by atoms with Crippen molar-refractivity contribution in [3.63, 3.8) is 0 Å². The summed E-state index contributed by atoms with van der Waals surface area (Å²) in [5.74, 6) is -2.85. The van der Waals surface area contributed by atoms with Gasteiger partial charge in [-0.25, -0.2) is 8.78 Å². The van der Waals surface area contributed by atoms with E-state index in [9.17, 15) is 18.4 Å². The quantitative estimate of drug-likeness (QED) is 0.716. The molecule has 0 saturated carbocycles. The highest BCUT2D eigenvalue weighted by Crippen LogP contribution is 2.16. The van der Waals surface area contributed by atoms with Gasteiger partial charge in [-0.1, -0.05) is 46.6 Å². The summed E-state index contributed by atoms with van der Waals surface area (Å²) in [6.07, 6.45) is 1.92. The molecule has 2 amide bonds. The zero-order valence-corrected chi connectivity index (χ0v) is 16.3. The molecule has 0 radical (unpaired) electrons. The molecule has 4 nitrogen and oxygen atoms in total. The van der Waals surface area contributed by atoms with Crippen molar-refractivity contribution in [3.05, 3.63) is 35.4 Å². The van der Waals surface area contributed by atoms with Crippen molar-refractivity contribution in [1.82, 2.24) is 10.2 Å². The predicted molar refractivity (Wildman–Crippen MR) is 98.8 cm³/mol. The van der Waals surface area contributed by atoms with E-state index in [2.05, 4.69) is 19.2 Å². The number of carbonyl (C=O) groups is 2. The van der Waals surface area contributed by atoms with Crippen molar-refractivity contribution in [2.45, 2.75) is 53.5 Å².